The van der Waals surface area contributed by atoms with E-state index in [1.54, 1.807) is 27.6 Å². The van der Waals surface area contributed by atoms with Gasteiger partial charge in [-0.05, 0) is 55.5 Å². The second kappa shape index (κ2) is 8.49. The fourth-order valence-corrected chi connectivity index (χ4v) is 5.38. The van der Waals surface area contributed by atoms with Crippen LogP contribution in [0.5, 0.6) is 11.5 Å². The van der Waals surface area contributed by atoms with Crippen molar-refractivity contribution < 1.29 is 17.9 Å². The second-order valence-electron chi connectivity index (χ2n) is 8.67. The average Bonchev–Trinajstić information content (AvgIpc) is 2.95. The lowest BCUT2D eigenvalue weighted by Crippen LogP contribution is -2.49. The molecule has 170 valence electrons. The lowest BCUT2D eigenvalue weighted by atomic mass is 10.1. The molecule has 1 saturated heterocycles. The molecule has 0 saturated carbocycles. The summed E-state index contributed by atoms with van der Waals surface area (Å²) in [5.74, 6) is 1.06. The Hall–Kier alpha value is -2.02. The molecule has 0 aliphatic carbocycles. The Bertz CT molecular complexity index is 1100. The Labute approximate surface area is 187 Å². The Morgan fingerprint density at radius 3 is 2.35 bits per heavy atom. The van der Waals surface area contributed by atoms with E-state index in [1.807, 2.05) is 20.8 Å². The van der Waals surface area contributed by atoms with Gasteiger partial charge in [-0.25, -0.2) is 17.8 Å². The van der Waals surface area contributed by atoms with Crippen LogP contribution in [0.1, 0.15) is 27.2 Å². The van der Waals surface area contributed by atoms with Crippen LogP contribution in [0.15, 0.2) is 23.1 Å². The average molecular weight is 469 g/mol. The largest absolute Gasteiger partial charge is 0.490 e. The smallest absolute Gasteiger partial charge is 0.243 e. The van der Waals surface area contributed by atoms with Crippen LogP contribution in [0, 0.1) is 4.77 Å². The third-order valence-electron chi connectivity index (χ3n) is 5.30. The molecule has 0 atom stereocenters. The molecule has 2 aliphatic rings. The van der Waals surface area contributed by atoms with Gasteiger partial charge in [-0.3, -0.25) is 4.90 Å². The first-order valence-corrected chi connectivity index (χ1v) is 12.2. The van der Waals surface area contributed by atoms with Gasteiger partial charge < -0.3 is 9.47 Å². The topological polar surface area (TPSA) is 94.7 Å². The predicted octanol–water partition coefficient (Wildman–Crippen LogP) is 1.69. The van der Waals surface area contributed by atoms with Gasteiger partial charge in [0.2, 0.25) is 14.8 Å². The standard InChI is InChI=1S/C19H28N6O4S2/c1-19(2,3)25-18(30)24(20-21-25)14-22-7-9-23(10-8-22)31(26,27)15-5-6-16-17(13-15)29-12-4-11-28-16/h5-6,13H,4,7-12,14H2,1-3H3. The SMILES string of the molecule is CC(C)(C)n1nnn(CN2CCN(S(=O)(=O)c3ccc4c(c3)OCCCO4)CC2)c1=S. The van der Waals surface area contributed by atoms with E-state index in [0.717, 1.165) is 6.42 Å². The van der Waals surface area contributed by atoms with Crippen LogP contribution in [0.4, 0.5) is 0 Å². The lowest BCUT2D eigenvalue weighted by Gasteiger charge is -2.33. The molecule has 31 heavy (non-hydrogen) atoms. The minimum absolute atomic E-state index is 0.223. The van der Waals surface area contributed by atoms with Gasteiger partial charge in [0.05, 0.1) is 30.3 Å². The van der Waals surface area contributed by atoms with Gasteiger partial charge in [0.25, 0.3) is 0 Å². The van der Waals surface area contributed by atoms with Gasteiger partial charge in [0.15, 0.2) is 11.5 Å². The molecule has 1 aromatic heterocycles. The zero-order valence-electron chi connectivity index (χ0n) is 18.0. The molecular weight excluding hydrogens is 440 g/mol. The minimum Gasteiger partial charge on any atom is -0.490 e. The minimum atomic E-state index is -3.62. The summed E-state index contributed by atoms with van der Waals surface area (Å²) in [5.41, 5.74) is -0.245. The van der Waals surface area contributed by atoms with Gasteiger partial charge >= 0.3 is 0 Å². The van der Waals surface area contributed by atoms with Crippen molar-refractivity contribution in [2.24, 2.45) is 0 Å². The maximum atomic E-state index is 13.2. The number of piperazine rings is 1. The van der Waals surface area contributed by atoms with Crippen molar-refractivity contribution in [3.8, 4) is 11.5 Å². The summed E-state index contributed by atoms with van der Waals surface area (Å²) < 4.78 is 43.0. The molecular formula is C19H28N6O4S2. The molecule has 0 bridgehead atoms. The molecule has 2 aliphatic heterocycles. The Balaban J connectivity index is 1.42. The van der Waals surface area contributed by atoms with Crippen molar-refractivity contribution >= 4 is 22.2 Å². The first-order chi connectivity index (χ1) is 14.7. The summed E-state index contributed by atoms with van der Waals surface area (Å²) >= 11 is 5.49. The third-order valence-corrected chi connectivity index (χ3v) is 7.58. The predicted molar refractivity (Wildman–Crippen MR) is 116 cm³/mol. The maximum absolute atomic E-state index is 13.2. The second-order valence-corrected chi connectivity index (χ2v) is 11.0. The van der Waals surface area contributed by atoms with Crippen molar-refractivity contribution in [3.63, 3.8) is 0 Å². The molecule has 3 heterocycles. The zero-order valence-corrected chi connectivity index (χ0v) is 19.7. The van der Waals surface area contributed by atoms with E-state index in [9.17, 15) is 8.42 Å². The van der Waals surface area contributed by atoms with Crippen molar-refractivity contribution in [1.29, 1.82) is 0 Å². The molecule has 0 spiro atoms. The lowest BCUT2D eigenvalue weighted by molar-refractivity contribution is 0.143. The van der Waals surface area contributed by atoms with Crippen molar-refractivity contribution in [2.75, 3.05) is 39.4 Å². The van der Waals surface area contributed by atoms with Crippen LogP contribution >= 0.6 is 12.2 Å². The van der Waals surface area contributed by atoms with Gasteiger partial charge in [0, 0.05) is 38.7 Å². The highest BCUT2D eigenvalue weighted by atomic mass is 32.2. The van der Waals surface area contributed by atoms with Crippen molar-refractivity contribution in [2.45, 2.75) is 44.3 Å². The summed E-state index contributed by atoms with van der Waals surface area (Å²) in [5, 5.41) is 8.33. The molecule has 2 aromatic rings. The van der Waals surface area contributed by atoms with Gasteiger partial charge in [-0.2, -0.15) is 4.31 Å². The number of aromatic nitrogens is 4. The van der Waals surface area contributed by atoms with Crippen LogP contribution < -0.4 is 9.47 Å². The maximum Gasteiger partial charge on any atom is 0.243 e. The Morgan fingerprint density at radius 2 is 1.71 bits per heavy atom. The number of fused-ring (bicyclic) bond motifs is 1. The van der Waals surface area contributed by atoms with Gasteiger partial charge in [-0.15, -0.1) is 0 Å². The summed E-state index contributed by atoms with van der Waals surface area (Å²) in [7, 11) is -3.62. The molecule has 0 N–H and O–H groups in total. The van der Waals surface area contributed by atoms with E-state index in [2.05, 4.69) is 15.3 Å². The van der Waals surface area contributed by atoms with Crippen molar-refractivity contribution in [1.82, 2.24) is 29.0 Å². The fourth-order valence-electron chi connectivity index (χ4n) is 3.54. The summed E-state index contributed by atoms with van der Waals surface area (Å²) in [4.78, 5) is 2.35. The highest BCUT2D eigenvalue weighted by molar-refractivity contribution is 7.89. The zero-order chi connectivity index (χ0) is 22.2. The highest BCUT2D eigenvalue weighted by Crippen LogP contribution is 2.33. The first kappa shape index (κ1) is 22.2. The normalized spacial score (nSPS) is 18.7. The van der Waals surface area contributed by atoms with Gasteiger partial charge in [-0.1, -0.05) is 0 Å². The Kier molecular flexibility index (Phi) is 6.08. The third kappa shape index (κ3) is 4.61. The number of ether oxygens (including phenoxy) is 2. The number of hydrogen-bond donors (Lipinski definition) is 0. The van der Waals surface area contributed by atoms with Gasteiger partial charge in [0.1, 0.15) is 0 Å². The Morgan fingerprint density at radius 1 is 1.03 bits per heavy atom. The molecule has 1 fully saturated rings. The number of nitrogens with zero attached hydrogens (tertiary/aromatic N) is 6. The fraction of sp³-hybridized carbons (Fsp3) is 0.632. The molecule has 12 heteroatoms. The quantitative estimate of drug-likeness (QED) is 0.626. The number of rotatable bonds is 4. The molecule has 4 rings (SSSR count). The molecule has 0 radical (unpaired) electrons. The molecule has 10 nitrogen and oxygen atoms in total. The number of sulfonamides is 1. The number of hydrogen-bond acceptors (Lipinski definition) is 8. The van der Waals surface area contributed by atoms with Crippen LogP contribution in [-0.2, 0) is 22.2 Å². The molecule has 0 unspecified atom stereocenters. The van der Waals surface area contributed by atoms with E-state index in [4.69, 9.17) is 21.7 Å². The monoisotopic (exact) mass is 468 g/mol. The van der Waals surface area contributed by atoms with E-state index < -0.39 is 10.0 Å². The summed E-state index contributed by atoms with van der Waals surface area (Å²) in [6.07, 6.45) is 0.770. The summed E-state index contributed by atoms with van der Waals surface area (Å²) in [6.45, 7) is 9.54. The van der Waals surface area contributed by atoms with E-state index in [-0.39, 0.29) is 10.4 Å². The van der Waals surface area contributed by atoms with Crippen LogP contribution in [0.2, 0.25) is 0 Å². The summed E-state index contributed by atoms with van der Waals surface area (Å²) in [6, 6.07) is 4.82. The van der Waals surface area contributed by atoms with E-state index in [1.165, 1.54) is 4.31 Å². The van der Waals surface area contributed by atoms with Crippen molar-refractivity contribution in [3.05, 3.63) is 23.0 Å². The molecule has 0 amide bonds. The first-order valence-electron chi connectivity index (χ1n) is 10.3. The van der Waals surface area contributed by atoms with Crippen LogP contribution in [0.25, 0.3) is 0 Å². The van der Waals surface area contributed by atoms with Crippen LogP contribution in [-0.4, -0.2) is 76.8 Å². The van der Waals surface area contributed by atoms with E-state index >= 15 is 0 Å². The van der Waals surface area contributed by atoms with E-state index in [0.29, 0.717) is 62.3 Å². The highest BCUT2D eigenvalue weighted by Gasteiger charge is 2.30. The van der Waals surface area contributed by atoms with Crippen LogP contribution in [0.3, 0.4) is 0 Å². The molecule has 1 aromatic carbocycles. The number of tetrazole rings is 1. The number of benzene rings is 1.